The Balaban J connectivity index is 0.000000306. The van der Waals surface area contributed by atoms with E-state index in [0.29, 0.717) is 11.8 Å². The Hall–Kier alpha value is -2.07. The van der Waals surface area contributed by atoms with Gasteiger partial charge in [-0.1, -0.05) is 112 Å². The molecule has 0 saturated carbocycles. The molecule has 0 amide bonds. The van der Waals surface area contributed by atoms with Gasteiger partial charge < -0.3 is 24.8 Å². The number of halogens is 2. The molecule has 46 heavy (non-hydrogen) atoms. The molecule has 8 rings (SSSR count). The van der Waals surface area contributed by atoms with Crippen molar-refractivity contribution in [2.24, 2.45) is 11.8 Å². The van der Waals surface area contributed by atoms with Crippen molar-refractivity contribution in [3.05, 3.63) is 157 Å². The van der Waals surface area contributed by atoms with Gasteiger partial charge in [0, 0.05) is 0 Å². The summed E-state index contributed by atoms with van der Waals surface area (Å²) in [7, 11) is 0. The van der Waals surface area contributed by atoms with Gasteiger partial charge in [-0.3, -0.25) is 12.2 Å². The van der Waals surface area contributed by atoms with Crippen molar-refractivity contribution < 1.29 is 77.2 Å². The van der Waals surface area contributed by atoms with Crippen LogP contribution in [-0.4, -0.2) is 0 Å². The first-order valence-electron chi connectivity index (χ1n) is 15.1. The fourth-order valence-electron chi connectivity index (χ4n) is 5.44. The van der Waals surface area contributed by atoms with Gasteiger partial charge in [0.2, 0.25) is 0 Å². The summed E-state index contributed by atoms with van der Waals surface area (Å²) in [5.74, 6) is 1.32. The van der Waals surface area contributed by atoms with E-state index < -0.39 is 0 Å². The predicted molar refractivity (Wildman–Crippen MR) is 185 cm³/mol. The minimum atomic E-state index is 0. The molecule has 2 aliphatic rings. The first-order valence-corrected chi connectivity index (χ1v) is 15.1. The Labute approximate surface area is 326 Å². The topological polar surface area (TPSA) is 0 Å². The fraction of sp³-hybridized carbons (Fsp3) is 0.190. The van der Waals surface area contributed by atoms with E-state index in [4.69, 9.17) is 0 Å². The monoisotopic (exact) mass is 794 g/mol. The van der Waals surface area contributed by atoms with Gasteiger partial charge in [0.15, 0.2) is 0 Å². The second kappa shape index (κ2) is 21.0. The molecular formula is C42H40Cl2Zr2-2. The first-order chi connectivity index (χ1) is 20.5. The first kappa shape index (κ1) is 41.9. The van der Waals surface area contributed by atoms with Gasteiger partial charge in [0.05, 0.1) is 0 Å². The number of fused-ring (bicyclic) bond motifs is 6. The molecule has 0 N–H and O–H groups in total. The van der Waals surface area contributed by atoms with Crippen LogP contribution in [0.2, 0.25) is 0 Å². The molecular weight excluding hydrogens is 758 g/mol. The minimum Gasteiger partial charge on any atom is -1.00 e. The van der Waals surface area contributed by atoms with Crippen LogP contribution in [0.15, 0.2) is 145 Å². The molecule has 0 fully saturated rings. The molecule has 4 heteroatoms. The summed E-state index contributed by atoms with van der Waals surface area (Å²) >= 11 is 0. The van der Waals surface area contributed by atoms with Gasteiger partial charge in [0.1, 0.15) is 0 Å². The van der Waals surface area contributed by atoms with Crippen molar-refractivity contribution in [1.29, 1.82) is 0 Å². The molecule has 0 bridgehead atoms. The second-order valence-corrected chi connectivity index (χ2v) is 11.4. The van der Waals surface area contributed by atoms with E-state index in [2.05, 4.69) is 173 Å². The van der Waals surface area contributed by atoms with Crippen LogP contribution in [0.5, 0.6) is 0 Å². The van der Waals surface area contributed by atoms with E-state index in [-0.39, 0.29) is 77.2 Å². The number of hydrogen-bond donors (Lipinski definition) is 0. The summed E-state index contributed by atoms with van der Waals surface area (Å²) in [6.07, 6.45) is 17.2. The molecule has 0 radical (unpaired) electrons. The SMILES string of the molecule is CC(C)C1=[C-]CC=C1.CC(C)C1=[C-]CC=C1.[Cl-].[Cl-].[Zr+2].[Zr+2].c1ccc2c(c1)[cH-]c1ccccc12.c1ccc2c(c1)[cH-]c1ccccc12. The van der Waals surface area contributed by atoms with Crippen LogP contribution in [0, 0.1) is 24.0 Å². The van der Waals surface area contributed by atoms with Crippen LogP contribution in [0.4, 0.5) is 0 Å². The van der Waals surface area contributed by atoms with Crippen LogP contribution >= 0.6 is 0 Å². The van der Waals surface area contributed by atoms with E-state index in [9.17, 15) is 0 Å². The molecule has 0 aromatic heterocycles. The molecule has 2 aliphatic carbocycles. The largest absolute Gasteiger partial charge is 2.00 e. The van der Waals surface area contributed by atoms with Gasteiger partial charge in [0.25, 0.3) is 0 Å². The summed E-state index contributed by atoms with van der Waals surface area (Å²) in [4.78, 5) is 0. The Morgan fingerprint density at radius 2 is 0.717 bits per heavy atom. The molecule has 0 saturated heterocycles. The Bertz CT molecular complexity index is 1660. The fourth-order valence-corrected chi connectivity index (χ4v) is 5.44. The molecule has 0 heterocycles. The van der Waals surface area contributed by atoms with Gasteiger partial charge in [-0.25, -0.2) is 23.3 Å². The van der Waals surface area contributed by atoms with Crippen molar-refractivity contribution in [3.63, 3.8) is 0 Å². The van der Waals surface area contributed by atoms with Crippen molar-refractivity contribution >= 4 is 43.1 Å². The smallest absolute Gasteiger partial charge is 1.00 e. The molecule has 6 aromatic rings. The van der Waals surface area contributed by atoms with Crippen molar-refractivity contribution in [1.82, 2.24) is 0 Å². The molecule has 0 spiro atoms. The van der Waals surface area contributed by atoms with Crippen LogP contribution < -0.4 is 24.8 Å². The van der Waals surface area contributed by atoms with Gasteiger partial charge in [-0.05, 0) is 0 Å². The van der Waals surface area contributed by atoms with Crippen LogP contribution in [0.3, 0.4) is 0 Å². The molecule has 0 unspecified atom stereocenters. The molecule has 6 aromatic carbocycles. The second-order valence-electron chi connectivity index (χ2n) is 11.4. The van der Waals surface area contributed by atoms with Crippen LogP contribution in [-0.2, 0) is 52.4 Å². The summed E-state index contributed by atoms with van der Waals surface area (Å²) in [5, 5.41) is 10.8. The Kier molecular flexibility index (Phi) is 19.2. The van der Waals surface area contributed by atoms with E-state index >= 15 is 0 Å². The van der Waals surface area contributed by atoms with Gasteiger partial charge in [-0.15, -0.1) is 92.3 Å². The Morgan fingerprint density at radius 3 is 0.913 bits per heavy atom. The summed E-state index contributed by atoms with van der Waals surface area (Å²) in [6, 6.07) is 38.5. The third kappa shape index (κ3) is 11.0. The number of rotatable bonds is 2. The zero-order valence-corrected chi connectivity index (χ0v) is 33.5. The van der Waals surface area contributed by atoms with E-state index in [1.165, 1.54) is 54.2 Å². The molecule has 232 valence electrons. The number of hydrogen-bond acceptors (Lipinski definition) is 0. The molecule has 0 atom stereocenters. The standard InChI is InChI=1S/2C13H9.2C8H11.2ClH.2Zr/c2*1-3-7-12-10(5-1)9-11-6-2-4-8-13(11)12;2*1-7(2)8-5-3-4-6-8;;;;/h2*1-9H;2*3,5,7H,4H2,1-2H3;2*1H;;/q4*-1;;;2*+2/p-2. The number of benzene rings is 4. The third-order valence-corrected chi connectivity index (χ3v) is 7.73. The maximum absolute atomic E-state index is 3.26. The van der Waals surface area contributed by atoms with E-state index in [1.54, 1.807) is 0 Å². The van der Waals surface area contributed by atoms with Crippen molar-refractivity contribution in [2.75, 3.05) is 0 Å². The quantitative estimate of drug-likeness (QED) is 0.186. The maximum atomic E-state index is 3.26. The predicted octanol–water partition coefficient (Wildman–Crippen LogP) is 6.09. The summed E-state index contributed by atoms with van der Waals surface area (Å²) in [6.45, 7) is 8.77. The number of allylic oxidation sites excluding steroid dienone is 8. The van der Waals surface area contributed by atoms with Crippen molar-refractivity contribution in [2.45, 2.75) is 40.5 Å². The van der Waals surface area contributed by atoms with Gasteiger partial charge in [-0.2, -0.15) is 12.2 Å². The zero-order valence-electron chi connectivity index (χ0n) is 27.0. The summed E-state index contributed by atoms with van der Waals surface area (Å²) < 4.78 is 0. The minimum absolute atomic E-state index is 0. The van der Waals surface area contributed by atoms with Crippen molar-refractivity contribution in [3.8, 4) is 0 Å². The van der Waals surface area contributed by atoms with E-state index in [1.807, 2.05) is 0 Å². The van der Waals surface area contributed by atoms with Crippen LogP contribution in [0.25, 0.3) is 43.1 Å². The van der Waals surface area contributed by atoms with Gasteiger partial charge >= 0.3 is 52.4 Å². The Morgan fingerprint density at radius 1 is 0.457 bits per heavy atom. The van der Waals surface area contributed by atoms with Crippen LogP contribution in [0.1, 0.15) is 40.5 Å². The normalized spacial score (nSPS) is 12.4. The summed E-state index contributed by atoms with van der Waals surface area (Å²) in [5.41, 5.74) is 2.73. The average Bonchev–Trinajstić information content (AvgIpc) is 3.84. The maximum Gasteiger partial charge on any atom is 2.00 e. The average molecular weight is 798 g/mol. The zero-order chi connectivity index (χ0) is 29.3. The third-order valence-electron chi connectivity index (χ3n) is 7.73. The molecule has 0 nitrogen and oxygen atoms in total. The molecule has 0 aliphatic heterocycles. The van der Waals surface area contributed by atoms with E-state index in [0.717, 1.165) is 12.8 Å².